The fourth-order valence-corrected chi connectivity index (χ4v) is 7.52. The minimum Gasteiger partial charge on any atom is -0.480 e. The summed E-state index contributed by atoms with van der Waals surface area (Å²) in [7, 11) is 0. The van der Waals surface area contributed by atoms with Gasteiger partial charge >= 0.3 is 5.97 Å². The molecule has 0 spiro atoms. The molecule has 4 aliphatic rings. The summed E-state index contributed by atoms with van der Waals surface area (Å²) in [5.41, 5.74) is 5.31. The molecular formula is C35H53N9O11. The van der Waals surface area contributed by atoms with Crippen LogP contribution < -0.4 is 32.3 Å². The van der Waals surface area contributed by atoms with Gasteiger partial charge in [0.25, 0.3) is 0 Å². The van der Waals surface area contributed by atoms with Crippen molar-refractivity contribution in [2.24, 2.45) is 11.7 Å². The van der Waals surface area contributed by atoms with Crippen LogP contribution in [0.3, 0.4) is 0 Å². The summed E-state index contributed by atoms with van der Waals surface area (Å²) in [6, 6.07) is -5.88. The van der Waals surface area contributed by atoms with Crippen LogP contribution in [0.2, 0.25) is 0 Å². The number of carbonyl (C=O) groups is 10. The number of nitrogens with one attached hydrogen (secondary N) is 5. The summed E-state index contributed by atoms with van der Waals surface area (Å²) >= 11 is 0. The van der Waals surface area contributed by atoms with Crippen LogP contribution >= 0.6 is 0 Å². The number of amides is 9. The van der Waals surface area contributed by atoms with Gasteiger partial charge in [0, 0.05) is 32.5 Å². The van der Waals surface area contributed by atoms with Gasteiger partial charge in [-0.1, -0.05) is 13.8 Å². The lowest BCUT2D eigenvalue weighted by Crippen LogP contribution is -2.56. The Labute approximate surface area is 318 Å². The minimum absolute atomic E-state index is 0.00379. The Kier molecular flexibility index (Phi) is 14.9. The highest BCUT2D eigenvalue weighted by Crippen LogP contribution is 2.25. The lowest BCUT2D eigenvalue weighted by molar-refractivity contribution is -0.151. The third kappa shape index (κ3) is 11.4. The van der Waals surface area contributed by atoms with Gasteiger partial charge in [-0.2, -0.15) is 0 Å². The standard InChI is InChI=1S/C35H53N9O11/c1-19(2)16-22(41-32(51)21-10-12-27(46)39-21)31(50)38-17-28(47)42-13-3-6-23(42)33(52)40-20(9-11-26(36)45)30(49)37-18-29(48)43-14-4-7-24(43)34(53)44-15-5-8-25(44)35(54)55/h19-25H,3-18H2,1-2H3,(H2,36,45)(H,37,49)(H,38,50)(H,39,46)(H,40,52)(H,41,51)(H,54,55)/t20-,21-,22-,23-,24-,25-/m0/s1. The van der Waals surface area contributed by atoms with Crippen LogP contribution in [0.4, 0.5) is 0 Å². The molecule has 20 nitrogen and oxygen atoms in total. The molecule has 4 fully saturated rings. The van der Waals surface area contributed by atoms with Crippen molar-refractivity contribution in [3.63, 3.8) is 0 Å². The first-order chi connectivity index (χ1) is 26.1. The molecule has 6 atom stereocenters. The molecule has 55 heavy (non-hydrogen) atoms. The Balaban J connectivity index is 1.32. The molecular weight excluding hydrogens is 722 g/mol. The van der Waals surface area contributed by atoms with Gasteiger partial charge in [0.05, 0.1) is 13.1 Å². The molecule has 0 aromatic heterocycles. The summed E-state index contributed by atoms with van der Waals surface area (Å²) in [4.78, 5) is 131. The predicted molar refractivity (Wildman–Crippen MR) is 191 cm³/mol. The average Bonchev–Trinajstić information content (AvgIpc) is 3.97. The summed E-state index contributed by atoms with van der Waals surface area (Å²) < 4.78 is 0. The minimum atomic E-state index is -1.31. The van der Waals surface area contributed by atoms with Crippen molar-refractivity contribution in [1.29, 1.82) is 0 Å². The first kappa shape index (κ1) is 42.4. The van der Waals surface area contributed by atoms with Crippen molar-refractivity contribution >= 4 is 59.1 Å². The van der Waals surface area contributed by atoms with Crippen LogP contribution in [-0.4, -0.2) is 148 Å². The average molecular weight is 776 g/mol. The van der Waals surface area contributed by atoms with Crippen molar-refractivity contribution in [2.45, 2.75) is 121 Å². The maximum Gasteiger partial charge on any atom is 0.326 e. The first-order valence-corrected chi connectivity index (χ1v) is 18.9. The van der Waals surface area contributed by atoms with E-state index in [0.717, 1.165) is 0 Å². The van der Waals surface area contributed by atoms with Crippen molar-refractivity contribution in [3.8, 4) is 0 Å². The van der Waals surface area contributed by atoms with Gasteiger partial charge in [-0.05, 0) is 63.7 Å². The van der Waals surface area contributed by atoms with Crippen LogP contribution in [0.5, 0.6) is 0 Å². The van der Waals surface area contributed by atoms with E-state index in [1.54, 1.807) is 0 Å². The SMILES string of the molecule is CC(C)C[C@H](NC(=O)[C@@H]1CCC(=O)N1)C(=O)NCC(=O)N1CCC[C@H]1C(=O)N[C@@H](CCC(N)=O)C(=O)NCC(=O)N1CCC[C@H]1C(=O)N1CCC[C@H]1C(=O)O. The number of hydrogen-bond donors (Lipinski definition) is 7. The number of aliphatic carboxylic acids is 1. The first-order valence-electron chi connectivity index (χ1n) is 18.9. The van der Waals surface area contributed by atoms with Crippen LogP contribution in [0, 0.1) is 5.92 Å². The molecule has 4 rings (SSSR count). The summed E-state index contributed by atoms with van der Waals surface area (Å²) in [6.07, 6.45) is 2.69. The lowest BCUT2D eigenvalue weighted by atomic mass is 10.0. The molecule has 4 aliphatic heterocycles. The van der Waals surface area contributed by atoms with Crippen LogP contribution in [0.25, 0.3) is 0 Å². The maximum absolute atomic E-state index is 13.5. The van der Waals surface area contributed by atoms with E-state index in [9.17, 15) is 53.1 Å². The number of carbonyl (C=O) groups excluding carboxylic acids is 9. The second-order valence-electron chi connectivity index (χ2n) is 14.9. The fourth-order valence-electron chi connectivity index (χ4n) is 7.52. The molecule has 9 amide bonds. The van der Waals surface area contributed by atoms with Crippen molar-refractivity contribution in [1.82, 2.24) is 41.3 Å². The molecule has 20 heteroatoms. The van der Waals surface area contributed by atoms with Crippen LogP contribution in [0.15, 0.2) is 0 Å². The van der Waals surface area contributed by atoms with Gasteiger partial charge in [-0.25, -0.2) is 4.79 Å². The van der Waals surface area contributed by atoms with E-state index < -0.39 is 103 Å². The highest BCUT2D eigenvalue weighted by molar-refractivity contribution is 5.97. The highest BCUT2D eigenvalue weighted by atomic mass is 16.4. The molecule has 4 saturated heterocycles. The second-order valence-corrected chi connectivity index (χ2v) is 14.9. The number of carboxylic acids is 1. The van der Waals surface area contributed by atoms with Gasteiger partial charge in [0.1, 0.15) is 36.3 Å². The molecule has 8 N–H and O–H groups in total. The van der Waals surface area contributed by atoms with Gasteiger partial charge in [0.15, 0.2) is 0 Å². The van der Waals surface area contributed by atoms with Gasteiger partial charge in [-0.3, -0.25) is 43.2 Å². The number of hydrogen-bond acceptors (Lipinski definition) is 10. The zero-order valence-corrected chi connectivity index (χ0v) is 31.3. The largest absolute Gasteiger partial charge is 0.480 e. The van der Waals surface area contributed by atoms with E-state index in [-0.39, 0.29) is 63.6 Å². The second kappa shape index (κ2) is 19.3. The van der Waals surface area contributed by atoms with Crippen molar-refractivity contribution < 1.29 is 53.1 Å². The Bertz CT molecular complexity index is 1540. The van der Waals surface area contributed by atoms with E-state index in [1.807, 2.05) is 13.8 Å². The normalized spacial score (nSPS) is 23.2. The smallest absolute Gasteiger partial charge is 0.326 e. The summed E-state index contributed by atoms with van der Waals surface area (Å²) in [5, 5.41) is 22.3. The number of rotatable bonds is 17. The number of carboxylic acid groups (broad SMARTS) is 1. The molecule has 0 unspecified atom stereocenters. The van der Waals surface area contributed by atoms with Gasteiger partial charge in [0.2, 0.25) is 53.2 Å². The third-order valence-electron chi connectivity index (χ3n) is 10.3. The van der Waals surface area contributed by atoms with Gasteiger partial charge < -0.3 is 52.1 Å². The molecule has 0 saturated carbocycles. The van der Waals surface area contributed by atoms with E-state index in [4.69, 9.17) is 5.73 Å². The molecule has 0 aromatic carbocycles. The Morgan fingerprint density at radius 1 is 0.745 bits per heavy atom. The lowest BCUT2D eigenvalue weighted by Gasteiger charge is -2.30. The number of nitrogens with two attached hydrogens (primary N) is 1. The maximum atomic E-state index is 13.5. The Morgan fingerprint density at radius 3 is 1.82 bits per heavy atom. The molecule has 304 valence electrons. The van der Waals surface area contributed by atoms with E-state index in [1.165, 1.54) is 14.7 Å². The van der Waals surface area contributed by atoms with E-state index in [0.29, 0.717) is 38.5 Å². The predicted octanol–water partition coefficient (Wildman–Crippen LogP) is -3.16. The molecule has 0 bridgehead atoms. The highest BCUT2D eigenvalue weighted by Gasteiger charge is 2.42. The monoisotopic (exact) mass is 775 g/mol. The molecule has 0 radical (unpaired) electrons. The van der Waals surface area contributed by atoms with Crippen molar-refractivity contribution in [2.75, 3.05) is 32.7 Å². The van der Waals surface area contributed by atoms with Crippen LogP contribution in [-0.2, 0) is 47.9 Å². The molecule has 4 heterocycles. The Morgan fingerprint density at radius 2 is 1.27 bits per heavy atom. The topological polar surface area (TPSA) is 287 Å². The zero-order chi connectivity index (χ0) is 40.4. The van der Waals surface area contributed by atoms with E-state index >= 15 is 0 Å². The van der Waals surface area contributed by atoms with Gasteiger partial charge in [-0.15, -0.1) is 0 Å². The number of likely N-dealkylation sites (tertiary alicyclic amines) is 3. The quantitative estimate of drug-likeness (QED) is 0.0774. The zero-order valence-electron chi connectivity index (χ0n) is 31.3. The number of nitrogens with zero attached hydrogens (tertiary/aromatic N) is 3. The third-order valence-corrected chi connectivity index (χ3v) is 10.3. The Hall–Kier alpha value is -5.30. The van der Waals surface area contributed by atoms with E-state index in [2.05, 4.69) is 26.6 Å². The summed E-state index contributed by atoms with van der Waals surface area (Å²) in [5.74, 6) is -6.32. The fraction of sp³-hybridized carbons (Fsp3) is 0.714. The molecule has 0 aromatic rings. The van der Waals surface area contributed by atoms with Crippen molar-refractivity contribution in [3.05, 3.63) is 0 Å². The number of primary amides is 1. The molecule has 0 aliphatic carbocycles. The van der Waals surface area contributed by atoms with Crippen LogP contribution in [0.1, 0.15) is 84.5 Å². The summed E-state index contributed by atoms with van der Waals surface area (Å²) in [6.45, 7) is 3.40.